The van der Waals surface area contributed by atoms with Crippen LogP contribution >= 0.6 is 0 Å². The summed E-state index contributed by atoms with van der Waals surface area (Å²) in [5, 5.41) is 2.19. The largest absolute Gasteiger partial charge is 0.378 e. The summed E-state index contributed by atoms with van der Waals surface area (Å²) >= 11 is 0. The standard InChI is InChI=1S/C17H18O2/c1-11-7-8-13-5-3-4-6-15(13)16(11)17(18)14-9-10-19-12(14)2/h3-8,12,14H,9-10H2,1-2H3. The lowest BCUT2D eigenvalue weighted by atomic mass is 9.87. The molecule has 2 unspecified atom stereocenters. The average Bonchev–Trinajstić information content (AvgIpc) is 2.84. The van der Waals surface area contributed by atoms with Crippen LogP contribution < -0.4 is 0 Å². The number of benzene rings is 2. The van der Waals surface area contributed by atoms with Gasteiger partial charge in [-0.1, -0.05) is 36.4 Å². The van der Waals surface area contributed by atoms with Gasteiger partial charge in [-0.15, -0.1) is 0 Å². The van der Waals surface area contributed by atoms with E-state index in [1.807, 2.05) is 38.1 Å². The lowest BCUT2D eigenvalue weighted by Gasteiger charge is -2.16. The van der Waals surface area contributed by atoms with Gasteiger partial charge in [-0.3, -0.25) is 4.79 Å². The minimum absolute atomic E-state index is 0.00417. The van der Waals surface area contributed by atoms with Gasteiger partial charge >= 0.3 is 0 Å². The van der Waals surface area contributed by atoms with E-state index in [1.54, 1.807) is 0 Å². The van der Waals surface area contributed by atoms with E-state index in [-0.39, 0.29) is 17.8 Å². The number of aryl methyl sites for hydroxylation is 1. The first-order valence-corrected chi connectivity index (χ1v) is 6.82. The third-order valence-corrected chi connectivity index (χ3v) is 4.10. The Balaban J connectivity index is 2.13. The Morgan fingerprint density at radius 3 is 2.74 bits per heavy atom. The van der Waals surface area contributed by atoms with Gasteiger partial charge in [-0.25, -0.2) is 0 Å². The Bertz CT molecular complexity index is 630. The molecule has 0 saturated carbocycles. The van der Waals surface area contributed by atoms with Crippen molar-refractivity contribution < 1.29 is 9.53 Å². The molecule has 0 aliphatic carbocycles. The van der Waals surface area contributed by atoms with Gasteiger partial charge in [0.15, 0.2) is 5.78 Å². The molecule has 1 saturated heterocycles. The van der Waals surface area contributed by atoms with Crippen LogP contribution in [-0.4, -0.2) is 18.5 Å². The number of carbonyl (C=O) groups excluding carboxylic acids is 1. The van der Waals surface area contributed by atoms with Crippen molar-refractivity contribution in [3.63, 3.8) is 0 Å². The highest BCUT2D eigenvalue weighted by Crippen LogP contribution is 2.30. The minimum atomic E-state index is 0.00417. The lowest BCUT2D eigenvalue weighted by molar-refractivity contribution is 0.0765. The molecule has 1 aliphatic rings. The zero-order valence-electron chi connectivity index (χ0n) is 11.3. The second-order valence-electron chi connectivity index (χ2n) is 5.31. The predicted octanol–water partition coefficient (Wildman–Crippen LogP) is 3.76. The highest BCUT2D eigenvalue weighted by atomic mass is 16.5. The summed E-state index contributed by atoms with van der Waals surface area (Å²) in [5.74, 6) is 0.240. The third-order valence-electron chi connectivity index (χ3n) is 4.10. The summed E-state index contributed by atoms with van der Waals surface area (Å²) in [6.07, 6.45) is 0.869. The highest BCUT2D eigenvalue weighted by Gasteiger charge is 2.32. The van der Waals surface area contributed by atoms with Crippen LogP contribution in [0.25, 0.3) is 10.8 Å². The lowest BCUT2D eigenvalue weighted by Crippen LogP contribution is -2.22. The zero-order valence-corrected chi connectivity index (χ0v) is 11.3. The van der Waals surface area contributed by atoms with Crippen molar-refractivity contribution in [2.45, 2.75) is 26.4 Å². The van der Waals surface area contributed by atoms with Crippen LogP contribution in [0.15, 0.2) is 36.4 Å². The molecule has 1 aliphatic heterocycles. The number of hydrogen-bond donors (Lipinski definition) is 0. The van der Waals surface area contributed by atoms with E-state index >= 15 is 0 Å². The number of Topliss-reactive ketones (excluding diaryl/α,β-unsaturated/α-hetero) is 1. The number of ether oxygens (including phenoxy) is 1. The van der Waals surface area contributed by atoms with Gasteiger partial charge in [0.25, 0.3) is 0 Å². The number of carbonyl (C=O) groups is 1. The molecule has 0 bridgehead atoms. The molecule has 0 radical (unpaired) electrons. The van der Waals surface area contributed by atoms with Gasteiger partial charge in [0.05, 0.1) is 12.0 Å². The summed E-state index contributed by atoms with van der Waals surface area (Å²) in [6, 6.07) is 12.2. The molecule has 2 nitrogen and oxygen atoms in total. The Labute approximate surface area is 113 Å². The molecule has 98 valence electrons. The van der Waals surface area contributed by atoms with Gasteiger partial charge < -0.3 is 4.74 Å². The molecule has 0 spiro atoms. The molecule has 2 aromatic rings. The van der Waals surface area contributed by atoms with Gasteiger partial charge in [-0.05, 0) is 36.6 Å². The van der Waals surface area contributed by atoms with E-state index in [1.165, 1.54) is 0 Å². The predicted molar refractivity (Wildman–Crippen MR) is 76.5 cm³/mol. The summed E-state index contributed by atoms with van der Waals surface area (Å²) in [5.41, 5.74) is 1.93. The quantitative estimate of drug-likeness (QED) is 0.763. The van der Waals surface area contributed by atoms with Crippen LogP contribution in [0.1, 0.15) is 29.3 Å². The molecule has 0 aromatic heterocycles. The first-order chi connectivity index (χ1) is 9.18. The van der Waals surface area contributed by atoms with Crippen molar-refractivity contribution in [3.8, 4) is 0 Å². The topological polar surface area (TPSA) is 26.3 Å². The molecule has 19 heavy (non-hydrogen) atoms. The van der Waals surface area contributed by atoms with Crippen LogP contribution in [0.2, 0.25) is 0 Å². The highest BCUT2D eigenvalue weighted by molar-refractivity contribution is 6.10. The molecule has 2 aromatic carbocycles. The summed E-state index contributed by atoms with van der Waals surface area (Å²) in [6.45, 7) is 4.71. The minimum Gasteiger partial charge on any atom is -0.378 e. The fraction of sp³-hybridized carbons (Fsp3) is 0.353. The molecule has 0 amide bonds. The maximum Gasteiger partial charge on any atom is 0.169 e. The first-order valence-electron chi connectivity index (χ1n) is 6.82. The van der Waals surface area contributed by atoms with Crippen LogP contribution in [0, 0.1) is 12.8 Å². The zero-order chi connectivity index (χ0) is 13.4. The molecular formula is C17H18O2. The number of rotatable bonds is 2. The van der Waals surface area contributed by atoms with Crippen molar-refractivity contribution in [1.29, 1.82) is 0 Å². The summed E-state index contributed by atoms with van der Waals surface area (Å²) in [7, 11) is 0. The summed E-state index contributed by atoms with van der Waals surface area (Å²) in [4.78, 5) is 12.8. The Hall–Kier alpha value is -1.67. The van der Waals surface area contributed by atoms with Gasteiger partial charge in [0.2, 0.25) is 0 Å². The Kier molecular flexibility index (Phi) is 3.11. The molecule has 2 heteroatoms. The van der Waals surface area contributed by atoms with E-state index in [2.05, 4.69) is 12.1 Å². The third kappa shape index (κ3) is 2.06. The monoisotopic (exact) mass is 254 g/mol. The normalized spacial score (nSPS) is 22.8. The second kappa shape index (κ2) is 4.78. The summed E-state index contributed by atoms with van der Waals surface area (Å²) < 4.78 is 5.54. The van der Waals surface area contributed by atoms with Crippen LogP contribution in [0.3, 0.4) is 0 Å². The van der Waals surface area contributed by atoms with E-state index < -0.39 is 0 Å². The van der Waals surface area contributed by atoms with Crippen molar-refractivity contribution in [2.24, 2.45) is 5.92 Å². The van der Waals surface area contributed by atoms with E-state index in [9.17, 15) is 4.79 Å². The number of fused-ring (bicyclic) bond motifs is 1. The maximum absolute atomic E-state index is 12.8. The van der Waals surface area contributed by atoms with Crippen molar-refractivity contribution >= 4 is 16.6 Å². The fourth-order valence-electron chi connectivity index (χ4n) is 2.97. The Morgan fingerprint density at radius 1 is 1.21 bits per heavy atom. The fourth-order valence-corrected chi connectivity index (χ4v) is 2.97. The number of ketones is 1. The first kappa shape index (κ1) is 12.4. The van der Waals surface area contributed by atoms with Gasteiger partial charge in [0, 0.05) is 12.2 Å². The maximum atomic E-state index is 12.8. The molecular weight excluding hydrogens is 236 g/mol. The van der Waals surface area contributed by atoms with Crippen LogP contribution in [-0.2, 0) is 4.74 Å². The average molecular weight is 254 g/mol. The van der Waals surface area contributed by atoms with Crippen molar-refractivity contribution in [1.82, 2.24) is 0 Å². The van der Waals surface area contributed by atoms with Crippen LogP contribution in [0.4, 0.5) is 0 Å². The molecule has 2 atom stereocenters. The van der Waals surface area contributed by atoms with Crippen LogP contribution in [0.5, 0.6) is 0 Å². The molecule has 1 heterocycles. The van der Waals surface area contributed by atoms with Gasteiger partial charge in [-0.2, -0.15) is 0 Å². The van der Waals surface area contributed by atoms with Gasteiger partial charge in [0.1, 0.15) is 0 Å². The second-order valence-corrected chi connectivity index (χ2v) is 5.31. The molecule has 3 rings (SSSR count). The molecule has 1 fully saturated rings. The van der Waals surface area contributed by atoms with E-state index in [0.717, 1.165) is 28.3 Å². The van der Waals surface area contributed by atoms with Crippen molar-refractivity contribution in [2.75, 3.05) is 6.61 Å². The SMILES string of the molecule is Cc1ccc2ccccc2c1C(=O)C1CCOC1C. The Morgan fingerprint density at radius 2 is 2.00 bits per heavy atom. The number of hydrogen-bond acceptors (Lipinski definition) is 2. The van der Waals surface area contributed by atoms with E-state index in [4.69, 9.17) is 4.74 Å². The van der Waals surface area contributed by atoms with E-state index in [0.29, 0.717) is 6.61 Å². The van der Waals surface area contributed by atoms with Crippen molar-refractivity contribution in [3.05, 3.63) is 47.5 Å². The molecule has 0 N–H and O–H groups in total. The smallest absolute Gasteiger partial charge is 0.169 e.